The number of amides is 1. The summed E-state index contributed by atoms with van der Waals surface area (Å²) in [6.45, 7) is 2.18. The molecule has 1 amide bonds. The quantitative estimate of drug-likeness (QED) is 0.846. The molecule has 0 fully saturated rings. The molecule has 1 aliphatic heterocycles. The molecule has 0 saturated carbocycles. The van der Waals surface area contributed by atoms with Crippen molar-refractivity contribution in [1.82, 2.24) is 5.32 Å². The number of nitrogens with one attached hydrogen (secondary N) is 1. The van der Waals surface area contributed by atoms with E-state index in [1.807, 2.05) is 49.4 Å². The first-order valence-electron chi connectivity index (χ1n) is 8.04. The Hall–Kier alpha value is -3.02. The van der Waals surface area contributed by atoms with E-state index in [4.69, 9.17) is 14.2 Å². The summed E-state index contributed by atoms with van der Waals surface area (Å²) in [4.78, 5) is 23.8. The lowest BCUT2D eigenvalue weighted by atomic mass is 10.00. The van der Waals surface area contributed by atoms with Gasteiger partial charge in [0.1, 0.15) is 19.5 Å². The van der Waals surface area contributed by atoms with Gasteiger partial charge in [0.25, 0.3) is 5.91 Å². The zero-order chi connectivity index (χ0) is 17.6. The van der Waals surface area contributed by atoms with Crippen molar-refractivity contribution < 1.29 is 23.8 Å². The van der Waals surface area contributed by atoms with E-state index in [-0.39, 0.29) is 30.9 Å². The van der Waals surface area contributed by atoms with E-state index in [0.717, 1.165) is 16.3 Å². The average Bonchev–Trinajstić information content (AvgIpc) is 2.66. The topological polar surface area (TPSA) is 73.9 Å². The van der Waals surface area contributed by atoms with Crippen LogP contribution in [-0.4, -0.2) is 31.7 Å². The minimum Gasteiger partial charge on any atom is -0.493 e. The van der Waals surface area contributed by atoms with Gasteiger partial charge in [-0.25, -0.2) is 4.79 Å². The molecular formula is C19H19NO5. The van der Waals surface area contributed by atoms with Crippen LogP contribution in [0.5, 0.6) is 0 Å². The van der Waals surface area contributed by atoms with Crippen LogP contribution in [0.3, 0.4) is 0 Å². The molecule has 25 heavy (non-hydrogen) atoms. The van der Waals surface area contributed by atoms with E-state index in [2.05, 4.69) is 5.32 Å². The predicted molar refractivity (Wildman–Crippen MR) is 91.5 cm³/mol. The lowest BCUT2D eigenvalue weighted by molar-refractivity contribution is -0.149. The highest BCUT2D eigenvalue weighted by Crippen LogP contribution is 2.23. The van der Waals surface area contributed by atoms with Crippen molar-refractivity contribution in [3.8, 4) is 0 Å². The van der Waals surface area contributed by atoms with Crippen LogP contribution < -0.4 is 5.32 Å². The Morgan fingerprint density at radius 3 is 2.76 bits per heavy atom. The smallest absolute Gasteiger partial charge is 0.377 e. The van der Waals surface area contributed by atoms with Gasteiger partial charge in [0.2, 0.25) is 5.76 Å². The van der Waals surface area contributed by atoms with Crippen molar-refractivity contribution in [2.24, 2.45) is 0 Å². The van der Waals surface area contributed by atoms with E-state index in [1.165, 1.54) is 6.26 Å². The van der Waals surface area contributed by atoms with E-state index in [9.17, 15) is 9.59 Å². The summed E-state index contributed by atoms with van der Waals surface area (Å²) in [6.07, 6.45) is 1.20. The normalized spacial score (nSPS) is 14.7. The Kier molecular flexibility index (Phi) is 5.18. The van der Waals surface area contributed by atoms with Crippen molar-refractivity contribution in [1.29, 1.82) is 0 Å². The number of carbonyl (C=O) groups excluding carboxylic acids is 2. The number of benzene rings is 2. The molecule has 0 bridgehead atoms. The summed E-state index contributed by atoms with van der Waals surface area (Å²) in [5, 5.41) is 5.02. The Bertz CT molecular complexity index is 809. The summed E-state index contributed by atoms with van der Waals surface area (Å²) in [7, 11) is 0. The maximum atomic E-state index is 12.1. The summed E-state index contributed by atoms with van der Waals surface area (Å²) < 4.78 is 15.0. The van der Waals surface area contributed by atoms with Crippen LogP contribution >= 0.6 is 0 Å². The summed E-state index contributed by atoms with van der Waals surface area (Å²) in [6, 6.07) is 13.7. The molecule has 2 aromatic carbocycles. The number of rotatable bonds is 5. The minimum atomic E-state index is -0.715. The number of ether oxygens (including phenoxy) is 3. The molecule has 3 rings (SSSR count). The molecule has 2 aromatic rings. The second-order valence-corrected chi connectivity index (χ2v) is 5.64. The molecule has 0 aromatic heterocycles. The van der Waals surface area contributed by atoms with Crippen LogP contribution in [0, 0.1) is 0 Å². The SMILES string of the molecule is C[C@H](NC(=O)COC(=O)C1=COCCO1)c1cccc2ccccc12. The van der Waals surface area contributed by atoms with E-state index in [0.29, 0.717) is 6.61 Å². The average molecular weight is 341 g/mol. The van der Waals surface area contributed by atoms with Crippen LogP contribution in [0.2, 0.25) is 0 Å². The molecule has 1 N–H and O–H groups in total. The third kappa shape index (κ3) is 4.09. The monoisotopic (exact) mass is 341 g/mol. The Morgan fingerprint density at radius 2 is 1.96 bits per heavy atom. The van der Waals surface area contributed by atoms with Crippen LogP contribution in [0.25, 0.3) is 10.8 Å². The Labute approximate surface area is 145 Å². The summed E-state index contributed by atoms with van der Waals surface area (Å²) in [5.74, 6) is -1.13. The Balaban J connectivity index is 1.58. The molecule has 1 atom stereocenters. The van der Waals surface area contributed by atoms with Crippen molar-refractivity contribution in [2.75, 3.05) is 19.8 Å². The fraction of sp³-hybridized carbons (Fsp3) is 0.263. The second-order valence-electron chi connectivity index (χ2n) is 5.64. The first-order valence-corrected chi connectivity index (χ1v) is 8.04. The standard InChI is InChI=1S/C19H19NO5/c1-13(15-8-4-6-14-5-2-3-7-16(14)15)20-18(21)12-25-19(22)17-11-23-9-10-24-17/h2-8,11,13H,9-10,12H2,1H3,(H,20,21)/t13-/m0/s1. The summed E-state index contributed by atoms with van der Waals surface area (Å²) in [5.41, 5.74) is 1.00. The molecule has 0 radical (unpaired) electrons. The fourth-order valence-corrected chi connectivity index (χ4v) is 2.67. The third-order valence-corrected chi connectivity index (χ3v) is 3.85. The van der Waals surface area contributed by atoms with Gasteiger partial charge in [-0.2, -0.15) is 0 Å². The van der Waals surface area contributed by atoms with Gasteiger partial charge < -0.3 is 19.5 Å². The molecule has 6 heteroatoms. The third-order valence-electron chi connectivity index (χ3n) is 3.85. The molecule has 0 aliphatic carbocycles. The van der Waals surface area contributed by atoms with Crippen molar-refractivity contribution in [3.05, 3.63) is 60.0 Å². The zero-order valence-corrected chi connectivity index (χ0v) is 13.9. The fourth-order valence-electron chi connectivity index (χ4n) is 2.67. The molecule has 0 unspecified atom stereocenters. The van der Waals surface area contributed by atoms with Gasteiger partial charge in [0, 0.05) is 0 Å². The van der Waals surface area contributed by atoms with E-state index >= 15 is 0 Å². The molecule has 6 nitrogen and oxygen atoms in total. The van der Waals surface area contributed by atoms with Gasteiger partial charge >= 0.3 is 5.97 Å². The lowest BCUT2D eigenvalue weighted by Crippen LogP contribution is -2.31. The molecule has 0 saturated heterocycles. The van der Waals surface area contributed by atoms with Crippen molar-refractivity contribution in [2.45, 2.75) is 13.0 Å². The molecule has 1 aliphatic rings. The van der Waals surface area contributed by atoms with Crippen LogP contribution in [0.4, 0.5) is 0 Å². The number of hydrogen-bond donors (Lipinski definition) is 1. The van der Waals surface area contributed by atoms with Crippen molar-refractivity contribution >= 4 is 22.6 Å². The first-order chi connectivity index (χ1) is 12.1. The molecule has 1 heterocycles. The van der Waals surface area contributed by atoms with E-state index in [1.54, 1.807) is 0 Å². The van der Waals surface area contributed by atoms with Gasteiger partial charge in [-0.05, 0) is 23.3 Å². The highest BCUT2D eigenvalue weighted by Gasteiger charge is 2.19. The molecule has 0 spiro atoms. The lowest BCUT2D eigenvalue weighted by Gasteiger charge is -2.17. The van der Waals surface area contributed by atoms with Gasteiger partial charge in [0.15, 0.2) is 6.61 Å². The zero-order valence-electron chi connectivity index (χ0n) is 13.9. The van der Waals surface area contributed by atoms with Gasteiger partial charge in [-0.1, -0.05) is 42.5 Å². The predicted octanol–water partition coefficient (Wildman–Crippen LogP) is 2.45. The minimum absolute atomic E-state index is 0.0267. The van der Waals surface area contributed by atoms with E-state index < -0.39 is 5.97 Å². The number of carbonyl (C=O) groups is 2. The van der Waals surface area contributed by atoms with Gasteiger partial charge in [0.05, 0.1) is 6.04 Å². The van der Waals surface area contributed by atoms with Gasteiger partial charge in [-0.3, -0.25) is 4.79 Å². The largest absolute Gasteiger partial charge is 0.493 e. The first kappa shape index (κ1) is 16.8. The van der Waals surface area contributed by atoms with Gasteiger partial charge in [-0.15, -0.1) is 0 Å². The molecular weight excluding hydrogens is 322 g/mol. The number of fused-ring (bicyclic) bond motifs is 1. The maximum Gasteiger partial charge on any atom is 0.377 e. The number of esters is 1. The van der Waals surface area contributed by atoms with Crippen LogP contribution in [-0.2, 0) is 23.8 Å². The number of hydrogen-bond acceptors (Lipinski definition) is 5. The highest BCUT2D eigenvalue weighted by molar-refractivity contribution is 5.89. The highest BCUT2D eigenvalue weighted by atomic mass is 16.6. The molecule has 130 valence electrons. The Morgan fingerprint density at radius 1 is 1.16 bits per heavy atom. The maximum absolute atomic E-state index is 12.1. The van der Waals surface area contributed by atoms with Crippen LogP contribution in [0.15, 0.2) is 54.5 Å². The van der Waals surface area contributed by atoms with Crippen LogP contribution in [0.1, 0.15) is 18.5 Å². The van der Waals surface area contributed by atoms with Crippen molar-refractivity contribution in [3.63, 3.8) is 0 Å². The second kappa shape index (κ2) is 7.70. The summed E-state index contributed by atoms with van der Waals surface area (Å²) >= 11 is 0.